The predicted molar refractivity (Wildman–Crippen MR) is 95.8 cm³/mol. The second-order valence-electron chi connectivity index (χ2n) is 6.20. The number of nitrogens with zero attached hydrogens (tertiary/aromatic N) is 3. The maximum atomic E-state index is 12.6. The van der Waals surface area contributed by atoms with Crippen LogP contribution in [0.4, 0.5) is 4.79 Å². The fourth-order valence-corrected chi connectivity index (χ4v) is 3.88. The van der Waals surface area contributed by atoms with Crippen LogP contribution in [0.5, 0.6) is 0 Å². The second kappa shape index (κ2) is 7.47. The van der Waals surface area contributed by atoms with Gasteiger partial charge in [0.2, 0.25) is 0 Å². The molecule has 0 spiro atoms. The van der Waals surface area contributed by atoms with Gasteiger partial charge < -0.3 is 24.4 Å². The number of carbonyl (C=O) groups excluding carboxylic acids is 2. The van der Waals surface area contributed by atoms with Crippen molar-refractivity contribution in [1.82, 2.24) is 25.4 Å². The summed E-state index contributed by atoms with van der Waals surface area (Å²) in [5.74, 6) is 0.326. The molecule has 1 saturated carbocycles. The smallest absolute Gasteiger partial charge is 0.338 e. The molecular formula is C17H19N5O4S. The summed E-state index contributed by atoms with van der Waals surface area (Å²) in [6.07, 6.45) is 5.44. The molecule has 2 aromatic heterocycles. The summed E-state index contributed by atoms with van der Waals surface area (Å²) in [5.41, 5.74) is 0.810. The van der Waals surface area contributed by atoms with Crippen molar-refractivity contribution in [1.29, 1.82) is 0 Å². The largest absolute Gasteiger partial charge is 0.467 e. The van der Waals surface area contributed by atoms with Crippen molar-refractivity contribution in [3.05, 3.63) is 41.8 Å². The van der Waals surface area contributed by atoms with E-state index in [1.807, 2.05) is 4.57 Å². The fourth-order valence-electron chi connectivity index (χ4n) is 2.93. The molecule has 1 atom stereocenters. The zero-order chi connectivity index (χ0) is 18.8. The molecule has 142 valence electrons. The van der Waals surface area contributed by atoms with Crippen LogP contribution in [0.2, 0.25) is 0 Å². The van der Waals surface area contributed by atoms with Gasteiger partial charge >= 0.3 is 12.0 Å². The lowest BCUT2D eigenvalue weighted by atomic mass is 10.0. The Labute approximate surface area is 159 Å². The van der Waals surface area contributed by atoms with Gasteiger partial charge in [-0.25, -0.2) is 9.59 Å². The quantitative estimate of drug-likeness (QED) is 0.551. The highest BCUT2D eigenvalue weighted by molar-refractivity contribution is 7.99. The molecule has 2 aromatic rings. The van der Waals surface area contributed by atoms with Crippen LogP contribution in [0, 0.1) is 0 Å². The summed E-state index contributed by atoms with van der Waals surface area (Å²) >= 11 is 1.42. The molecule has 1 unspecified atom stereocenters. The Hall–Kier alpha value is -2.75. The average Bonchev–Trinajstić information content (AvgIpc) is 3.16. The molecule has 0 saturated heterocycles. The van der Waals surface area contributed by atoms with Gasteiger partial charge in [0.05, 0.1) is 18.4 Å². The Bertz CT molecular complexity index is 872. The highest BCUT2D eigenvalue weighted by atomic mass is 32.2. The monoisotopic (exact) mass is 389 g/mol. The first-order valence-corrected chi connectivity index (χ1v) is 9.69. The SMILES string of the molecule is CCOC(=O)C1=C(CSc2nncn2C2CC2)NC(=O)NC1c1ccco1. The van der Waals surface area contributed by atoms with Crippen molar-refractivity contribution in [2.45, 2.75) is 37.0 Å². The summed E-state index contributed by atoms with van der Waals surface area (Å²) in [5, 5.41) is 14.3. The average molecular weight is 389 g/mol. The standard InChI is InChI=1S/C17H19N5O4S/c1-2-25-15(23)13-11(8-27-17-21-18-9-22(17)10-5-6-10)19-16(24)20-14(13)12-4-3-7-26-12/h3-4,7,9-10,14H,2,5-6,8H2,1H3,(H2,19,20,24). The molecule has 2 N–H and O–H groups in total. The summed E-state index contributed by atoms with van der Waals surface area (Å²) in [6.45, 7) is 1.97. The number of hydrogen-bond acceptors (Lipinski definition) is 7. The van der Waals surface area contributed by atoms with Crippen LogP contribution in [0.3, 0.4) is 0 Å². The van der Waals surface area contributed by atoms with Gasteiger partial charge in [0.25, 0.3) is 0 Å². The first-order valence-electron chi connectivity index (χ1n) is 8.70. The van der Waals surface area contributed by atoms with Crippen molar-refractivity contribution in [2.75, 3.05) is 12.4 Å². The van der Waals surface area contributed by atoms with Gasteiger partial charge in [-0.05, 0) is 31.9 Å². The maximum absolute atomic E-state index is 12.6. The number of hydrogen-bond donors (Lipinski definition) is 2. The summed E-state index contributed by atoms with van der Waals surface area (Å²) in [4.78, 5) is 24.8. The fraction of sp³-hybridized carbons (Fsp3) is 0.412. The normalized spacial score (nSPS) is 19.6. The van der Waals surface area contributed by atoms with E-state index in [2.05, 4.69) is 20.8 Å². The molecule has 2 amide bonds. The van der Waals surface area contributed by atoms with E-state index in [0.717, 1.165) is 18.0 Å². The number of ether oxygens (including phenoxy) is 1. The molecule has 3 heterocycles. The zero-order valence-electron chi connectivity index (χ0n) is 14.7. The lowest BCUT2D eigenvalue weighted by Gasteiger charge is -2.27. The molecule has 2 aliphatic rings. The third-order valence-electron chi connectivity index (χ3n) is 4.30. The Kier molecular flexibility index (Phi) is 4.88. The summed E-state index contributed by atoms with van der Waals surface area (Å²) in [6, 6.07) is 2.76. The Morgan fingerprint density at radius 2 is 2.33 bits per heavy atom. The van der Waals surface area contributed by atoms with Crippen molar-refractivity contribution >= 4 is 23.8 Å². The van der Waals surface area contributed by atoms with Gasteiger partial charge in [0, 0.05) is 17.5 Å². The van der Waals surface area contributed by atoms with Crippen molar-refractivity contribution in [3.63, 3.8) is 0 Å². The first-order chi connectivity index (χ1) is 13.2. The van der Waals surface area contributed by atoms with Crippen molar-refractivity contribution in [3.8, 4) is 0 Å². The third kappa shape index (κ3) is 3.70. The van der Waals surface area contributed by atoms with Crippen molar-refractivity contribution < 1.29 is 18.7 Å². The number of aromatic nitrogens is 3. The van der Waals surface area contributed by atoms with Crippen LogP contribution in [0.15, 0.2) is 45.6 Å². The molecule has 27 heavy (non-hydrogen) atoms. The van der Waals surface area contributed by atoms with Crippen LogP contribution in [0.1, 0.15) is 37.6 Å². The number of furan rings is 1. The number of esters is 1. The summed E-state index contributed by atoms with van der Waals surface area (Å²) in [7, 11) is 0. The van der Waals surface area contributed by atoms with E-state index in [4.69, 9.17) is 9.15 Å². The van der Waals surface area contributed by atoms with E-state index in [1.54, 1.807) is 25.4 Å². The second-order valence-corrected chi connectivity index (χ2v) is 7.14. The topological polar surface area (TPSA) is 111 Å². The third-order valence-corrected chi connectivity index (χ3v) is 5.29. The van der Waals surface area contributed by atoms with Crippen LogP contribution < -0.4 is 10.6 Å². The van der Waals surface area contributed by atoms with E-state index < -0.39 is 18.0 Å². The number of thioether (sulfide) groups is 1. The Balaban J connectivity index is 1.63. The molecule has 1 fully saturated rings. The van der Waals surface area contributed by atoms with Gasteiger partial charge in [-0.2, -0.15) is 0 Å². The maximum Gasteiger partial charge on any atom is 0.338 e. The molecule has 0 radical (unpaired) electrons. The van der Waals surface area contributed by atoms with Crippen LogP contribution in [0.25, 0.3) is 0 Å². The number of amides is 2. The number of rotatable bonds is 7. The van der Waals surface area contributed by atoms with E-state index >= 15 is 0 Å². The molecule has 4 rings (SSSR count). The molecule has 0 bridgehead atoms. The highest BCUT2D eigenvalue weighted by Crippen LogP contribution is 2.38. The van der Waals surface area contributed by atoms with E-state index in [0.29, 0.717) is 28.8 Å². The van der Waals surface area contributed by atoms with Gasteiger partial charge in [0.15, 0.2) is 5.16 Å². The first kappa shape index (κ1) is 17.7. The molecule has 1 aliphatic heterocycles. The molecule has 9 nitrogen and oxygen atoms in total. The summed E-state index contributed by atoms with van der Waals surface area (Å²) < 4.78 is 12.7. The molecule has 1 aliphatic carbocycles. The highest BCUT2D eigenvalue weighted by Gasteiger charge is 2.35. The lowest BCUT2D eigenvalue weighted by molar-refractivity contribution is -0.139. The molecule has 10 heteroatoms. The van der Waals surface area contributed by atoms with Crippen LogP contribution in [-0.2, 0) is 9.53 Å². The Morgan fingerprint density at radius 1 is 1.48 bits per heavy atom. The van der Waals surface area contributed by atoms with E-state index in [-0.39, 0.29) is 6.61 Å². The van der Waals surface area contributed by atoms with Gasteiger partial charge in [-0.1, -0.05) is 11.8 Å². The van der Waals surface area contributed by atoms with Gasteiger partial charge in [0.1, 0.15) is 18.1 Å². The van der Waals surface area contributed by atoms with E-state index in [9.17, 15) is 9.59 Å². The Morgan fingerprint density at radius 3 is 3.04 bits per heavy atom. The minimum Gasteiger partial charge on any atom is -0.467 e. The van der Waals surface area contributed by atoms with Crippen LogP contribution in [-0.4, -0.2) is 39.1 Å². The predicted octanol–water partition coefficient (Wildman–Crippen LogP) is 2.17. The zero-order valence-corrected chi connectivity index (χ0v) is 15.5. The van der Waals surface area contributed by atoms with E-state index in [1.165, 1.54) is 18.0 Å². The van der Waals surface area contributed by atoms with Gasteiger partial charge in [-0.3, -0.25) is 0 Å². The minimum atomic E-state index is -0.704. The number of nitrogens with one attached hydrogen (secondary N) is 2. The molecular weight excluding hydrogens is 370 g/mol. The number of carbonyl (C=O) groups is 2. The lowest BCUT2D eigenvalue weighted by Crippen LogP contribution is -2.46. The van der Waals surface area contributed by atoms with Crippen LogP contribution >= 0.6 is 11.8 Å². The van der Waals surface area contributed by atoms with Crippen molar-refractivity contribution in [2.24, 2.45) is 0 Å². The number of urea groups is 1. The van der Waals surface area contributed by atoms with Gasteiger partial charge in [-0.15, -0.1) is 10.2 Å². The molecule has 0 aromatic carbocycles. The minimum absolute atomic E-state index is 0.234.